The third kappa shape index (κ3) is 3.53. The Kier molecular flexibility index (Phi) is 4.81. The lowest BCUT2D eigenvalue weighted by Gasteiger charge is -2.14. The lowest BCUT2D eigenvalue weighted by molar-refractivity contribution is -0.116. The van der Waals surface area contributed by atoms with Gasteiger partial charge >= 0.3 is 0 Å². The molecular formula is C13H17ClO2. The molecule has 0 fully saturated rings. The number of rotatable bonds is 5. The molecule has 1 rings (SSSR count). The predicted octanol–water partition coefficient (Wildman–Crippen LogP) is 3.59. The normalized spacial score (nSPS) is 12.6. The first-order chi connectivity index (χ1) is 7.52. The highest BCUT2D eigenvalue weighted by Crippen LogP contribution is 2.30. The molecule has 2 nitrogen and oxygen atoms in total. The van der Waals surface area contributed by atoms with Crippen molar-refractivity contribution >= 4 is 17.4 Å². The zero-order valence-electron chi connectivity index (χ0n) is 9.87. The smallest absolute Gasteiger partial charge is 0.152 e. The van der Waals surface area contributed by atoms with Gasteiger partial charge in [-0.05, 0) is 18.9 Å². The van der Waals surface area contributed by atoms with E-state index in [1.807, 2.05) is 24.3 Å². The maximum atomic E-state index is 11.2. The summed E-state index contributed by atoms with van der Waals surface area (Å²) in [5.74, 6) is 1.08. The Bertz CT molecular complexity index is 361. The second-order valence-corrected chi connectivity index (χ2v) is 4.65. The molecule has 88 valence electrons. The molecule has 16 heavy (non-hydrogen) atoms. The number of carbonyl (C=O) groups is 1. The average Bonchev–Trinajstić information content (AvgIpc) is 2.25. The lowest BCUT2D eigenvalue weighted by atomic mass is 10.1. The minimum atomic E-state index is -0.622. The minimum Gasteiger partial charge on any atom is -0.493 e. The van der Waals surface area contributed by atoms with Crippen molar-refractivity contribution in [2.24, 2.45) is 5.92 Å². The maximum absolute atomic E-state index is 11.2. The highest BCUT2D eigenvalue weighted by molar-refractivity contribution is 6.31. The summed E-state index contributed by atoms with van der Waals surface area (Å²) >= 11 is 6.03. The monoisotopic (exact) mass is 240 g/mol. The first-order valence-electron chi connectivity index (χ1n) is 5.38. The zero-order chi connectivity index (χ0) is 12.1. The van der Waals surface area contributed by atoms with Crippen LogP contribution in [0.1, 0.15) is 31.7 Å². The number of ether oxygens (including phenoxy) is 1. The fraction of sp³-hybridized carbons (Fsp3) is 0.462. The van der Waals surface area contributed by atoms with Crippen LogP contribution in [0.4, 0.5) is 0 Å². The number of para-hydroxylation sites is 1. The first-order valence-corrected chi connectivity index (χ1v) is 5.82. The SMILES string of the molecule is CC(=O)C(Cl)c1ccccc1OCC(C)C. The van der Waals surface area contributed by atoms with E-state index in [0.717, 1.165) is 5.56 Å². The Hall–Kier alpha value is -1.02. The fourth-order valence-electron chi connectivity index (χ4n) is 1.30. The molecule has 0 aromatic heterocycles. The third-order valence-corrected chi connectivity index (χ3v) is 2.66. The molecule has 0 N–H and O–H groups in total. The highest BCUT2D eigenvalue weighted by Gasteiger charge is 2.17. The lowest BCUT2D eigenvalue weighted by Crippen LogP contribution is -2.09. The second kappa shape index (κ2) is 5.90. The summed E-state index contributed by atoms with van der Waals surface area (Å²) in [4.78, 5) is 11.2. The largest absolute Gasteiger partial charge is 0.493 e. The molecule has 3 heteroatoms. The van der Waals surface area contributed by atoms with Crippen LogP contribution >= 0.6 is 11.6 Å². The second-order valence-electron chi connectivity index (χ2n) is 4.22. The van der Waals surface area contributed by atoms with Crippen LogP contribution in [0.5, 0.6) is 5.75 Å². The molecule has 1 aromatic rings. The van der Waals surface area contributed by atoms with E-state index in [1.165, 1.54) is 6.92 Å². The van der Waals surface area contributed by atoms with Crippen LogP contribution in [0, 0.1) is 5.92 Å². The van der Waals surface area contributed by atoms with E-state index >= 15 is 0 Å². The van der Waals surface area contributed by atoms with Crippen molar-refractivity contribution in [2.45, 2.75) is 26.1 Å². The number of halogens is 1. The van der Waals surface area contributed by atoms with Crippen molar-refractivity contribution in [3.63, 3.8) is 0 Å². The van der Waals surface area contributed by atoms with Gasteiger partial charge in [0.2, 0.25) is 0 Å². The molecule has 0 saturated carbocycles. The molecular weight excluding hydrogens is 224 g/mol. The standard InChI is InChI=1S/C13H17ClO2/c1-9(2)8-16-12-7-5-4-6-11(12)13(14)10(3)15/h4-7,9,13H,8H2,1-3H3. The van der Waals surface area contributed by atoms with Crippen LogP contribution in [0.2, 0.25) is 0 Å². The molecule has 1 unspecified atom stereocenters. The van der Waals surface area contributed by atoms with E-state index in [-0.39, 0.29) is 5.78 Å². The molecule has 0 aliphatic rings. The summed E-state index contributed by atoms with van der Waals surface area (Å²) in [6, 6.07) is 7.41. The Labute approximate surface area is 102 Å². The molecule has 1 atom stereocenters. The number of carbonyl (C=O) groups excluding carboxylic acids is 1. The quantitative estimate of drug-likeness (QED) is 0.736. The number of alkyl halides is 1. The van der Waals surface area contributed by atoms with Crippen LogP contribution < -0.4 is 4.74 Å². The van der Waals surface area contributed by atoms with Crippen LogP contribution in [-0.4, -0.2) is 12.4 Å². The average molecular weight is 241 g/mol. The number of hydrogen-bond donors (Lipinski definition) is 0. The zero-order valence-corrected chi connectivity index (χ0v) is 10.6. The van der Waals surface area contributed by atoms with Crippen molar-refractivity contribution in [1.29, 1.82) is 0 Å². The van der Waals surface area contributed by atoms with Crippen LogP contribution in [0.15, 0.2) is 24.3 Å². The van der Waals surface area contributed by atoms with Crippen molar-refractivity contribution in [3.8, 4) is 5.75 Å². The van der Waals surface area contributed by atoms with E-state index in [2.05, 4.69) is 13.8 Å². The molecule has 0 amide bonds. The molecule has 0 aliphatic carbocycles. The van der Waals surface area contributed by atoms with Crippen molar-refractivity contribution in [1.82, 2.24) is 0 Å². The Balaban J connectivity index is 2.87. The molecule has 0 spiro atoms. The first kappa shape index (κ1) is 13.0. The number of ketones is 1. The number of hydrogen-bond acceptors (Lipinski definition) is 2. The van der Waals surface area contributed by atoms with E-state index in [9.17, 15) is 4.79 Å². The minimum absolute atomic E-state index is 0.0673. The van der Waals surface area contributed by atoms with Crippen molar-refractivity contribution in [2.75, 3.05) is 6.61 Å². The molecule has 0 radical (unpaired) electrons. The van der Waals surface area contributed by atoms with Gasteiger partial charge in [-0.1, -0.05) is 32.0 Å². The number of benzene rings is 1. The summed E-state index contributed by atoms with van der Waals surface area (Å²) in [5.41, 5.74) is 0.748. The van der Waals surface area contributed by atoms with Gasteiger partial charge in [0.25, 0.3) is 0 Å². The maximum Gasteiger partial charge on any atom is 0.152 e. The molecule has 0 bridgehead atoms. The van der Waals surface area contributed by atoms with Gasteiger partial charge in [0, 0.05) is 5.56 Å². The van der Waals surface area contributed by atoms with Gasteiger partial charge in [0.1, 0.15) is 11.1 Å². The molecule has 0 heterocycles. The van der Waals surface area contributed by atoms with E-state index in [0.29, 0.717) is 18.3 Å². The van der Waals surface area contributed by atoms with Gasteiger partial charge in [-0.25, -0.2) is 0 Å². The van der Waals surface area contributed by atoms with Gasteiger partial charge in [-0.3, -0.25) is 4.79 Å². The predicted molar refractivity (Wildman–Crippen MR) is 66.1 cm³/mol. The van der Waals surface area contributed by atoms with Crippen LogP contribution in [0.3, 0.4) is 0 Å². The molecule has 0 aliphatic heterocycles. The van der Waals surface area contributed by atoms with Gasteiger partial charge < -0.3 is 4.74 Å². The van der Waals surface area contributed by atoms with E-state index < -0.39 is 5.38 Å². The van der Waals surface area contributed by atoms with Crippen LogP contribution in [0.25, 0.3) is 0 Å². The van der Waals surface area contributed by atoms with Crippen LogP contribution in [-0.2, 0) is 4.79 Å². The highest BCUT2D eigenvalue weighted by atomic mass is 35.5. The summed E-state index contributed by atoms with van der Waals surface area (Å²) in [7, 11) is 0. The Morgan fingerprint density at radius 3 is 2.56 bits per heavy atom. The Morgan fingerprint density at radius 2 is 2.00 bits per heavy atom. The van der Waals surface area contributed by atoms with Crippen molar-refractivity contribution in [3.05, 3.63) is 29.8 Å². The van der Waals surface area contributed by atoms with Gasteiger partial charge in [0.15, 0.2) is 5.78 Å². The fourth-order valence-corrected chi connectivity index (χ4v) is 1.48. The van der Waals surface area contributed by atoms with Gasteiger partial charge in [-0.15, -0.1) is 11.6 Å². The molecule has 1 aromatic carbocycles. The molecule has 0 saturated heterocycles. The topological polar surface area (TPSA) is 26.3 Å². The summed E-state index contributed by atoms with van der Waals surface area (Å²) in [6.07, 6.45) is 0. The van der Waals surface area contributed by atoms with E-state index in [4.69, 9.17) is 16.3 Å². The third-order valence-electron chi connectivity index (χ3n) is 2.12. The summed E-state index contributed by atoms with van der Waals surface area (Å²) in [5, 5.41) is -0.622. The van der Waals surface area contributed by atoms with Gasteiger partial charge in [-0.2, -0.15) is 0 Å². The van der Waals surface area contributed by atoms with Gasteiger partial charge in [0.05, 0.1) is 6.61 Å². The Morgan fingerprint density at radius 1 is 1.38 bits per heavy atom. The van der Waals surface area contributed by atoms with E-state index in [1.54, 1.807) is 0 Å². The summed E-state index contributed by atoms with van der Waals surface area (Å²) < 4.78 is 5.63. The number of Topliss-reactive ketones (excluding diaryl/α,β-unsaturated/α-hetero) is 1. The van der Waals surface area contributed by atoms with Crippen molar-refractivity contribution < 1.29 is 9.53 Å². The summed E-state index contributed by atoms with van der Waals surface area (Å²) in [6.45, 7) is 6.26.